The van der Waals surface area contributed by atoms with E-state index in [0.29, 0.717) is 0 Å². The van der Waals surface area contributed by atoms with Gasteiger partial charge in [-0.1, -0.05) is 172 Å². The first-order valence-electron chi connectivity index (χ1n) is 21.3. The normalized spacial score (nSPS) is 13.2. The Hall–Kier alpha value is -7.68. The van der Waals surface area contributed by atoms with Crippen LogP contribution in [0.3, 0.4) is 0 Å². The molecule has 0 aliphatic heterocycles. The van der Waals surface area contributed by atoms with Gasteiger partial charge in [0, 0.05) is 33.1 Å². The fourth-order valence-corrected chi connectivity index (χ4v) is 10.7. The minimum atomic E-state index is -0.144. The minimum Gasteiger partial charge on any atom is -0.453 e. The maximum absolute atomic E-state index is 7.40. The molecule has 286 valence electrons. The molecule has 11 aromatic carbocycles. The van der Waals surface area contributed by atoms with Crippen LogP contribution in [0.4, 0.5) is 17.1 Å². The van der Waals surface area contributed by atoms with Gasteiger partial charge < -0.3 is 9.32 Å². The Morgan fingerprint density at radius 1 is 0.361 bits per heavy atom. The first-order valence-corrected chi connectivity index (χ1v) is 21.3. The van der Waals surface area contributed by atoms with Crippen LogP contribution in [0.15, 0.2) is 205 Å². The maximum atomic E-state index is 7.40. The molecule has 0 radical (unpaired) electrons. The van der Waals surface area contributed by atoms with Gasteiger partial charge >= 0.3 is 0 Å². The Morgan fingerprint density at radius 3 is 1.74 bits per heavy atom. The smallest absolute Gasteiger partial charge is 0.159 e. The Labute approximate surface area is 353 Å². The van der Waals surface area contributed by atoms with Gasteiger partial charge in [0.25, 0.3) is 0 Å². The number of benzene rings is 11. The number of nitrogens with zero attached hydrogens (tertiary/aromatic N) is 1. The largest absolute Gasteiger partial charge is 0.453 e. The first kappa shape index (κ1) is 34.2. The molecular weight excluding hydrogens is 739 g/mol. The monoisotopic (exact) mass is 777 g/mol. The molecule has 2 nitrogen and oxygen atoms in total. The quantitative estimate of drug-likeness (QED) is 0.166. The number of rotatable bonds is 4. The van der Waals surface area contributed by atoms with Gasteiger partial charge in [-0.25, -0.2) is 0 Å². The number of para-hydroxylation sites is 1. The summed E-state index contributed by atoms with van der Waals surface area (Å²) in [4.78, 5) is 2.41. The van der Waals surface area contributed by atoms with Gasteiger partial charge in [-0.15, -0.1) is 0 Å². The fraction of sp³-hybridized carbons (Fsp3) is 0.0508. The van der Waals surface area contributed by atoms with Gasteiger partial charge in [0.15, 0.2) is 5.58 Å². The predicted octanol–water partition coefficient (Wildman–Crippen LogP) is 16.8. The average molecular weight is 778 g/mol. The van der Waals surface area contributed by atoms with E-state index in [4.69, 9.17) is 4.42 Å². The Balaban J connectivity index is 1.09. The molecule has 0 N–H and O–H groups in total. The second-order valence-electron chi connectivity index (χ2n) is 17.2. The molecular formula is C59H39NO. The number of fused-ring (bicyclic) bond motifs is 14. The Kier molecular flexibility index (Phi) is 7.10. The van der Waals surface area contributed by atoms with E-state index in [1.165, 1.54) is 76.1 Å². The number of anilines is 3. The molecule has 0 fully saturated rings. The highest BCUT2D eigenvalue weighted by atomic mass is 16.3. The first-order chi connectivity index (χ1) is 30.0. The summed E-state index contributed by atoms with van der Waals surface area (Å²) in [5.41, 5.74) is 12.4. The zero-order valence-electron chi connectivity index (χ0n) is 33.9. The molecule has 0 saturated carbocycles. The van der Waals surface area contributed by atoms with Crippen LogP contribution in [-0.2, 0) is 5.41 Å². The molecule has 0 saturated heterocycles. The Morgan fingerprint density at radius 2 is 0.951 bits per heavy atom. The minimum absolute atomic E-state index is 0.144. The summed E-state index contributed by atoms with van der Waals surface area (Å²) in [5.74, 6) is 0. The number of furan rings is 1. The zero-order chi connectivity index (χ0) is 40.4. The van der Waals surface area contributed by atoms with Crippen LogP contribution in [0, 0.1) is 0 Å². The zero-order valence-corrected chi connectivity index (χ0v) is 33.9. The molecule has 2 heteroatoms. The van der Waals surface area contributed by atoms with Gasteiger partial charge in [0.05, 0.1) is 5.69 Å². The molecule has 1 aliphatic rings. The van der Waals surface area contributed by atoms with Crippen LogP contribution in [0.25, 0.3) is 98.1 Å². The molecule has 61 heavy (non-hydrogen) atoms. The van der Waals surface area contributed by atoms with Gasteiger partial charge in [0.1, 0.15) is 5.58 Å². The van der Waals surface area contributed by atoms with E-state index in [1.54, 1.807) is 0 Å². The van der Waals surface area contributed by atoms with E-state index in [2.05, 4.69) is 219 Å². The van der Waals surface area contributed by atoms with Gasteiger partial charge in [-0.05, 0) is 124 Å². The highest BCUT2D eigenvalue weighted by Gasteiger charge is 2.36. The van der Waals surface area contributed by atoms with E-state index >= 15 is 0 Å². The molecule has 0 unspecified atom stereocenters. The van der Waals surface area contributed by atoms with Crippen molar-refractivity contribution in [1.29, 1.82) is 0 Å². The van der Waals surface area contributed by atoms with Crippen LogP contribution in [-0.4, -0.2) is 0 Å². The lowest BCUT2D eigenvalue weighted by molar-refractivity contribution is 0.660. The van der Waals surface area contributed by atoms with Gasteiger partial charge in [-0.3, -0.25) is 0 Å². The summed E-state index contributed by atoms with van der Waals surface area (Å²) < 4.78 is 7.40. The lowest BCUT2D eigenvalue weighted by Gasteiger charge is -2.28. The van der Waals surface area contributed by atoms with Crippen molar-refractivity contribution in [2.24, 2.45) is 0 Å². The lowest BCUT2D eigenvalue weighted by atomic mass is 9.82. The van der Waals surface area contributed by atoms with Crippen molar-refractivity contribution in [3.05, 3.63) is 211 Å². The summed E-state index contributed by atoms with van der Waals surface area (Å²) >= 11 is 0. The number of hydrogen-bond donors (Lipinski definition) is 0. The second kappa shape index (κ2) is 12.7. The second-order valence-corrected chi connectivity index (χ2v) is 17.2. The third kappa shape index (κ3) is 4.91. The number of hydrogen-bond acceptors (Lipinski definition) is 2. The van der Waals surface area contributed by atoms with Crippen molar-refractivity contribution in [2.75, 3.05) is 4.90 Å². The van der Waals surface area contributed by atoms with E-state index in [9.17, 15) is 0 Å². The standard InChI is InChI=1S/C59H39NO/c1-59(2)53-24-12-11-22-48(53)49-31-29-41(35-54(49)59)60(40-28-26-36-14-3-4-15-37(36)32-40)55-25-13-23-50-52-33-38-16-5-6-17-42(38)56(58(52)61-57(50)55)39-27-30-47-45-20-8-7-18-43(45)44-19-9-10-21-46(44)51(47)34-39/h3-35H,1-2H3. The SMILES string of the molecule is CC1(C)c2ccccc2-c2ccc(N(c3ccc4ccccc4c3)c3cccc4c3oc3c(-c5ccc6c7ccccc7c7ccccc7c6c5)c5ccccc5cc34)cc21. The molecule has 0 atom stereocenters. The molecule has 0 amide bonds. The molecule has 0 bridgehead atoms. The highest BCUT2D eigenvalue weighted by Crippen LogP contribution is 2.52. The predicted molar refractivity (Wildman–Crippen MR) is 259 cm³/mol. The molecule has 12 aromatic rings. The van der Waals surface area contributed by atoms with Gasteiger partial charge in [-0.2, -0.15) is 0 Å². The highest BCUT2D eigenvalue weighted by molar-refractivity contribution is 6.27. The average Bonchev–Trinajstić information content (AvgIpc) is 3.79. The van der Waals surface area contributed by atoms with E-state index in [0.717, 1.165) is 50.1 Å². The van der Waals surface area contributed by atoms with Crippen LogP contribution < -0.4 is 4.90 Å². The third-order valence-electron chi connectivity index (χ3n) is 13.6. The van der Waals surface area contributed by atoms with Crippen LogP contribution in [0.2, 0.25) is 0 Å². The molecule has 13 rings (SSSR count). The summed E-state index contributed by atoms with van der Waals surface area (Å²) in [6, 6.07) is 73.6. The van der Waals surface area contributed by atoms with Crippen molar-refractivity contribution in [2.45, 2.75) is 19.3 Å². The maximum Gasteiger partial charge on any atom is 0.159 e. The summed E-state index contributed by atoms with van der Waals surface area (Å²) in [6.07, 6.45) is 0. The fourth-order valence-electron chi connectivity index (χ4n) is 10.7. The van der Waals surface area contributed by atoms with E-state index in [1.807, 2.05) is 0 Å². The molecule has 1 aromatic heterocycles. The van der Waals surface area contributed by atoms with Crippen LogP contribution >= 0.6 is 0 Å². The summed E-state index contributed by atoms with van der Waals surface area (Å²) in [6.45, 7) is 4.71. The molecule has 1 heterocycles. The van der Waals surface area contributed by atoms with Crippen molar-refractivity contribution < 1.29 is 4.42 Å². The van der Waals surface area contributed by atoms with E-state index in [-0.39, 0.29) is 5.41 Å². The van der Waals surface area contributed by atoms with E-state index < -0.39 is 0 Å². The van der Waals surface area contributed by atoms with Crippen LogP contribution in [0.1, 0.15) is 25.0 Å². The van der Waals surface area contributed by atoms with Crippen molar-refractivity contribution in [1.82, 2.24) is 0 Å². The summed E-state index contributed by atoms with van der Waals surface area (Å²) in [5, 5.41) is 14.6. The van der Waals surface area contributed by atoms with Crippen LogP contribution in [0.5, 0.6) is 0 Å². The van der Waals surface area contributed by atoms with Crippen molar-refractivity contribution in [3.63, 3.8) is 0 Å². The van der Waals surface area contributed by atoms with Crippen molar-refractivity contribution in [3.8, 4) is 22.3 Å². The lowest BCUT2D eigenvalue weighted by Crippen LogP contribution is -2.16. The van der Waals surface area contributed by atoms with Crippen molar-refractivity contribution >= 4 is 92.9 Å². The van der Waals surface area contributed by atoms with Gasteiger partial charge in [0.2, 0.25) is 0 Å². The Bertz CT molecular complexity index is 3780. The topological polar surface area (TPSA) is 16.4 Å². The summed E-state index contributed by atoms with van der Waals surface area (Å²) in [7, 11) is 0. The molecule has 1 aliphatic carbocycles. The molecule has 0 spiro atoms. The third-order valence-corrected chi connectivity index (χ3v) is 13.6.